The van der Waals surface area contributed by atoms with E-state index < -0.39 is 18.6 Å². The molecule has 4 rings (SSSR count). The van der Waals surface area contributed by atoms with Gasteiger partial charge in [0.05, 0.1) is 11.3 Å². The smallest absolute Gasteiger partial charge is 0.361 e. The van der Waals surface area contributed by atoms with Crippen LogP contribution in [0.15, 0.2) is 60.9 Å². The Morgan fingerprint density at radius 1 is 1.09 bits per heavy atom. The number of aryl methyl sites for hydroxylation is 2. The molecule has 170 valence electrons. The predicted molar refractivity (Wildman–Crippen MR) is 121 cm³/mol. The molecular formula is C25H23F3N4O. The van der Waals surface area contributed by atoms with Crippen LogP contribution in [0.5, 0.6) is 0 Å². The van der Waals surface area contributed by atoms with Crippen LogP contribution in [0.1, 0.15) is 27.3 Å². The number of carbonyl (C=O) groups is 1. The number of para-hydroxylation sites is 1. The number of hydrogen-bond acceptors (Lipinski definition) is 3. The molecule has 1 N–H and O–H groups in total. The molecule has 2 aromatic heterocycles. The third-order valence-corrected chi connectivity index (χ3v) is 5.41. The highest BCUT2D eigenvalue weighted by molar-refractivity contribution is 5.99. The molecule has 0 bridgehead atoms. The summed E-state index contributed by atoms with van der Waals surface area (Å²) >= 11 is 0. The zero-order valence-electron chi connectivity index (χ0n) is 18.3. The number of H-pyrrole nitrogens is 1. The van der Waals surface area contributed by atoms with Gasteiger partial charge in [0.15, 0.2) is 0 Å². The van der Waals surface area contributed by atoms with E-state index in [1.807, 2.05) is 49.4 Å². The highest BCUT2D eigenvalue weighted by Gasteiger charge is 2.34. The molecule has 2 heterocycles. The summed E-state index contributed by atoms with van der Waals surface area (Å²) < 4.78 is 40.2. The molecule has 0 fully saturated rings. The van der Waals surface area contributed by atoms with Gasteiger partial charge in [0.25, 0.3) is 5.91 Å². The molecule has 8 heteroatoms. The first-order chi connectivity index (χ1) is 15.7. The Morgan fingerprint density at radius 3 is 2.64 bits per heavy atom. The molecule has 33 heavy (non-hydrogen) atoms. The fourth-order valence-corrected chi connectivity index (χ4v) is 3.87. The maximum Gasteiger partial charge on any atom is 0.406 e. The number of aromatic amines is 1. The van der Waals surface area contributed by atoms with Crippen LogP contribution in [-0.2, 0) is 6.42 Å². The van der Waals surface area contributed by atoms with Crippen molar-refractivity contribution < 1.29 is 18.0 Å². The lowest BCUT2D eigenvalue weighted by Gasteiger charge is -2.25. The maximum atomic E-state index is 13.4. The Hall–Kier alpha value is -3.68. The van der Waals surface area contributed by atoms with Crippen molar-refractivity contribution >= 4 is 16.8 Å². The lowest BCUT2D eigenvalue weighted by atomic mass is 10.0. The standard InChI is InChI=1S/C25H23F3N4O/c1-16-6-5-7-18(12-16)23-21(14-29-17(2)31-23)24(33)32(15-25(26,27)28)11-10-19-13-30-22-9-4-3-8-20(19)22/h3-9,12-14,30H,10-11,15H2,1-2H3. The molecule has 0 spiro atoms. The van der Waals surface area contributed by atoms with Crippen molar-refractivity contribution in [3.8, 4) is 11.3 Å². The second-order valence-corrected chi connectivity index (χ2v) is 8.00. The van der Waals surface area contributed by atoms with E-state index in [0.717, 1.165) is 26.9 Å². The summed E-state index contributed by atoms with van der Waals surface area (Å²) in [6, 6.07) is 14.9. The number of carbonyl (C=O) groups excluding carboxylic acids is 1. The molecule has 0 atom stereocenters. The first-order valence-corrected chi connectivity index (χ1v) is 10.5. The van der Waals surface area contributed by atoms with Crippen molar-refractivity contribution in [3.63, 3.8) is 0 Å². The number of amides is 1. The van der Waals surface area contributed by atoms with Crippen LogP contribution in [0.4, 0.5) is 13.2 Å². The number of halogens is 3. The molecule has 0 saturated carbocycles. The van der Waals surface area contributed by atoms with Gasteiger partial charge >= 0.3 is 6.18 Å². The molecule has 2 aromatic carbocycles. The lowest BCUT2D eigenvalue weighted by Crippen LogP contribution is -2.40. The van der Waals surface area contributed by atoms with Gasteiger partial charge in [-0.05, 0) is 38.0 Å². The number of nitrogens with one attached hydrogen (secondary N) is 1. The topological polar surface area (TPSA) is 61.9 Å². The van der Waals surface area contributed by atoms with E-state index in [1.54, 1.807) is 19.2 Å². The van der Waals surface area contributed by atoms with Gasteiger partial charge in [-0.3, -0.25) is 4.79 Å². The number of alkyl halides is 3. The van der Waals surface area contributed by atoms with Gasteiger partial charge in [0.1, 0.15) is 12.4 Å². The van der Waals surface area contributed by atoms with Crippen molar-refractivity contribution in [1.82, 2.24) is 19.9 Å². The van der Waals surface area contributed by atoms with Crippen LogP contribution in [-0.4, -0.2) is 45.0 Å². The third-order valence-electron chi connectivity index (χ3n) is 5.41. The molecule has 1 amide bonds. The Balaban J connectivity index is 1.67. The minimum absolute atomic E-state index is 0.0503. The van der Waals surface area contributed by atoms with Crippen LogP contribution in [0.3, 0.4) is 0 Å². The van der Waals surface area contributed by atoms with E-state index >= 15 is 0 Å². The zero-order chi connectivity index (χ0) is 23.6. The third kappa shape index (κ3) is 5.22. The Labute approximate surface area is 189 Å². The lowest BCUT2D eigenvalue weighted by molar-refractivity contribution is -0.140. The van der Waals surface area contributed by atoms with Crippen LogP contribution in [0, 0.1) is 13.8 Å². The molecule has 4 aromatic rings. The van der Waals surface area contributed by atoms with Crippen LogP contribution >= 0.6 is 0 Å². The number of benzene rings is 2. The van der Waals surface area contributed by atoms with Crippen molar-refractivity contribution in [1.29, 1.82) is 0 Å². The number of nitrogens with zero attached hydrogens (tertiary/aromatic N) is 3. The maximum absolute atomic E-state index is 13.4. The van der Waals surface area contributed by atoms with Crippen molar-refractivity contribution in [2.75, 3.05) is 13.1 Å². The van der Waals surface area contributed by atoms with Gasteiger partial charge in [0, 0.05) is 35.4 Å². The Bertz CT molecular complexity index is 1300. The Morgan fingerprint density at radius 2 is 1.88 bits per heavy atom. The molecular weight excluding hydrogens is 429 g/mol. The SMILES string of the molecule is Cc1cccc(-c2nc(C)ncc2C(=O)N(CCc2c[nH]c3ccccc23)CC(F)(F)F)c1. The van der Waals surface area contributed by atoms with E-state index in [2.05, 4.69) is 15.0 Å². The second kappa shape index (κ2) is 9.05. The molecule has 0 radical (unpaired) electrons. The molecule has 5 nitrogen and oxygen atoms in total. The average Bonchev–Trinajstić information content (AvgIpc) is 3.18. The predicted octanol–water partition coefficient (Wildman–Crippen LogP) is 5.49. The largest absolute Gasteiger partial charge is 0.406 e. The van der Waals surface area contributed by atoms with Gasteiger partial charge in [-0.1, -0.05) is 42.0 Å². The molecule has 0 aliphatic rings. The first-order valence-electron chi connectivity index (χ1n) is 10.5. The summed E-state index contributed by atoms with van der Waals surface area (Å²) in [5.41, 5.74) is 3.74. The van der Waals surface area contributed by atoms with Crippen molar-refractivity contribution in [3.05, 3.63) is 83.4 Å². The highest BCUT2D eigenvalue weighted by Crippen LogP contribution is 2.26. The summed E-state index contributed by atoms with van der Waals surface area (Å²) in [7, 11) is 0. The van der Waals surface area contributed by atoms with Gasteiger partial charge in [-0.25, -0.2) is 9.97 Å². The normalized spacial score (nSPS) is 11.7. The highest BCUT2D eigenvalue weighted by atomic mass is 19.4. The summed E-state index contributed by atoms with van der Waals surface area (Å²) in [4.78, 5) is 25.8. The monoisotopic (exact) mass is 452 g/mol. The fourth-order valence-electron chi connectivity index (χ4n) is 3.87. The van der Waals surface area contributed by atoms with Gasteiger partial charge < -0.3 is 9.88 Å². The molecule has 0 unspecified atom stereocenters. The molecule has 0 aliphatic carbocycles. The van der Waals surface area contributed by atoms with Gasteiger partial charge in [-0.15, -0.1) is 0 Å². The first kappa shape index (κ1) is 22.5. The van der Waals surface area contributed by atoms with E-state index in [4.69, 9.17) is 0 Å². The van der Waals surface area contributed by atoms with Crippen LogP contribution in [0.2, 0.25) is 0 Å². The molecule has 0 aliphatic heterocycles. The minimum Gasteiger partial charge on any atom is -0.361 e. The molecule has 0 saturated heterocycles. The number of rotatable bonds is 6. The van der Waals surface area contributed by atoms with Crippen LogP contribution in [0.25, 0.3) is 22.2 Å². The number of fused-ring (bicyclic) bond motifs is 1. The summed E-state index contributed by atoms with van der Waals surface area (Å²) in [5, 5.41) is 0.927. The van der Waals surface area contributed by atoms with Crippen LogP contribution < -0.4 is 0 Å². The zero-order valence-corrected chi connectivity index (χ0v) is 18.3. The summed E-state index contributed by atoms with van der Waals surface area (Å²) in [6.45, 7) is 2.13. The van der Waals surface area contributed by atoms with Gasteiger partial charge in [-0.2, -0.15) is 13.2 Å². The van der Waals surface area contributed by atoms with E-state index in [9.17, 15) is 18.0 Å². The van der Waals surface area contributed by atoms with Gasteiger partial charge in [0.2, 0.25) is 0 Å². The van der Waals surface area contributed by atoms with E-state index in [-0.39, 0.29) is 18.5 Å². The second-order valence-electron chi connectivity index (χ2n) is 8.00. The van der Waals surface area contributed by atoms with Crippen molar-refractivity contribution in [2.45, 2.75) is 26.4 Å². The van der Waals surface area contributed by atoms with E-state index in [1.165, 1.54) is 6.20 Å². The average molecular weight is 452 g/mol. The van der Waals surface area contributed by atoms with E-state index in [0.29, 0.717) is 17.1 Å². The quantitative estimate of drug-likeness (QED) is 0.421. The minimum atomic E-state index is -4.54. The summed E-state index contributed by atoms with van der Waals surface area (Å²) in [5.74, 6) is -0.312. The Kier molecular flexibility index (Phi) is 6.18. The summed E-state index contributed by atoms with van der Waals surface area (Å²) in [6.07, 6.45) is -1.17. The fraction of sp³-hybridized carbons (Fsp3) is 0.240. The number of hydrogen-bond donors (Lipinski definition) is 1. The number of aromatic nitrogens is 3. The van der Waals surface area contributed by atoms with Crippen molar-refractivity contribution in [2.24, 2.45) is 0 Å².